The van der Waals surface area contributed by atoms with Crippen LogP contribution in [-0.2, 0) is 6.54 Å². The molecule has 1 aliphatic rings. The largest absolute Gasteiger partial charge is 0.338 e. The third-order valence-electron chi connectivity index (χ3n) is 6.04. The minimum absolute atomic E-state index is 0.0204. The van der Waals surface area contributed by atoms with Crippen LogP contribution < -0.4 is 5.56 Å². The number of aromatic nitrogens is 5. The Morgan fingerprint density at radius 2 is 1.91 bits per heavy atom. The molecule has 1 aliphatic heterocycles. The van der Waals surface area contributed by atoms with Crippen LogP contribution in [0.5, 0.6) is 0 Å². The lowest BCUT2D eigenvalue weighted by molar-refractivity contribution is 0.0704. The predicted octanol–water partition coefficient (Wildman–Crippen LogP) is 2.89. The highest BCUT2D eigenvalue weighted by Gasteiger charge is 2.28. The first-order valence-corrected chi connectivity index (χ1v) is 10.8. The molecule has 8 heteroatoms. The van der Waals surface area contributed by atoms with Gasteiger partial charge in [-0.15, -0.1) is 5.10 Å². The van der Waals surface area contributed by atoms with Gasteiger partial charge in [0.15, 0.2) is 11.2 Å². The van der Waals surface area contributed by atoms with Crippen LogP contribution in [0.1, 0.15) is 46.1 Å². The van der Waals surface area contributed by atoms with Crippen molar-refractivity contribution in [1.29, 1.82) is 0 Å². The standard InChI is InChI=1S/C24H24N6O2/c1-16-8-5-6-12-19(16)24(32)29-13-7-11-18(15-29)21-25-22-20(23(31)26-21)27-28-30(22)14-17-9-3-2-4-10-17/h2-6,8-10,12,18H,7,11,13-15H2,1H3,(H,25,26,31)/t18-/m1/s1. The third-order valence-corrected chi connectivity index (χ3v) is 6.04. The molecule has 2 aromatic heterocycles. The van der Waals surface area contributed by atoms with Crippen molar-refractivity contribution in [3.8, 4) is 0 Å². The normalized spacial score (nSPS) is 16.4. The molecule has 0 saturated carbocycles. The number of nitrogens with zero attached hydrogens (tertiary/aromatic N) is 5. The summed E-state index contributed by atoms with van der Waals surface area (Å²) < 4.78 is 1.66. The number of H-pyrrole nitrogens is 1. The fraction of sp³-hybridized carbons (Fsp3) is 0.292. The highest BCUT2D eigenvalue weighted by Crippen LogP contribution is 2.26. The molecule has 3 heterocycles. The smallest absolute Gasteiger partial charge is 0.281 e. The zero-order valence-corrected chi connectivity index (χ0v) is 17.9. The Hall–Kier alpha value is -3.81. The van der Waals surface area contributed by atoms with Crippen molar-refractivity contribution in [3.05, 3.63) is 87.5 Å². The fourth-order valence-corrected chi connectivity index (χ4v) is 4.31. The van der Waals surface area contributed by atoms with Gasteiger partial charge < -0.3 is 9.88 Å². The summed E-state index contributed by atoms with van der Waals surface area (Å²) in [5, 5.41) is 8.19. The van der Waals surface area contributed by atoms with E-state index in [-0.39, 0.29) is 22.9 Å². The monoisotopic (exact) mass is 428 g/mol. The number of amides is 1. The molecule has 0 spiro atoms. The number of carbonyl (C=O) groups is 1. The number of piperidine rings is 1. The second-order valence-electron chi connectivity index (χ2n) is 8.26. The Labute approximate surface area is 184 Å². The second kappa shape index (κ2) is 8.37. The number of carbonyl (C=O) groups excluding carboxylic acids is 1. The SMILES string of the molecule is Cc1ccccc1C(=O)N1CCC[C@@H](c2nc3c(nnn3Cc3ccccc3)c(=O)[nH]2)C1. The Bertz CT molecular complexity index is 1330. The number of likely N-dealkylation sites (tertiary alicyclic amines) is 1. The van der Waals surface area contributed by atoms with E-state index >= 15 is 0 Å². The van der Waals surface area contributed by atoms with Gasteiger partial charge in [-0.25, -0.2) is 9.67 Å². The number of aryl methyl sites for hydroxylation is 1. The van der Waals surface area contributed by atoms with Crippen molar-refractivity contribution in [2.45, 2.75) is 32.2 Å². The van der Waals surface area contributed by atoms with Crippen molar-refractivity contribution in [2.75, 3.05) is 13.1 Å². The van der Waals surface area contributed by atoms with E-state index in [2.05, 4.69) is 15.3 Å². The zero-order valence-electron chi connectivity index (χ0n) is 17.9. The average Bonchev–Trinajstić information content (AvgIpc) is 3.23. The van der Waals surface area contributed by atoms with Gasteiger partial charge in [0, 0.05) is 24.6 Å². The Morgan fingerprint density at radius 1 is 1.12 bits per heavy atom. The molecule has 1 amide bonds. The van der Waals surface area contributed by atoms with E-state index in [1.165, 1.54) is 0 Å². The van der Waals surface area contributed by atoms with E-state index < -0.39 is 0 Å². The molecular formula is C24H24N6O2. The van der Waals surface area contributed by atoms with Gasteiger partial charge in [0.05, 0.1) is 6.54 Å². The summed E-state index contributed by atoms with van der Waals surface area (Å²) >= 11 is 0. The van der Waals surface area contributed by atoms with Gasteiger partial charge in [0.1, 0.15) is 5.82 Å². The fourth-order valence-electron chi connectivity index (χ4n) is 4.31. The molecule has 0 aliphatic carbocycles. The first-order valence-electron chi connectivity index (χ1n) is 10.8. The van der Waals surface area contributed by atoms with E-state index in [0.29, 0.717) is 31.1 Å². The van der Waals surface area contributed by atoms with Gasteiger partial charge in [0.25, 0.3) is 11.5 Å². The lowest BCUT2D eigenvalue weighted by Crippen LogP contribution is -2.40. The number of rotatable bonds is 4. The number of aromatic amines is 1. The topological polar surface area (TPSA) is 96.8 Å². The van der Waals surface area contributed by atoms with Crippen molar-refractivity contribution in [2.24, 2.45) is 0 Å². The average molecular weight is 428 g/mol. The first kappa shape index (κ1) is 20.1. The van der Waals surface area contributed by atoms with E-state index in [1.54, 1.807) is 4.68 Å². The Balaban J connectivity index is 1.44. The summed E-state index contributed by atoms with van der Waals surface area (Å²) in [7, 11) is 0. The second-order valence-corrected chi connectivity index (χ2v) is 8.26. The van der Waals surface area contributed by atoms with Gasteiger partial charge in [-0.05, 0) is 37.0 Å². The molecule has 162 valence electrons. The zero-order chi connectivity index (χ0) is 22.1. The van der Waals surface area contributed by atoms with Crippen LogP contribution in [0.2, 0.25) is 0 Å². The van der Waals surface area contributed by atoms with E-state index in [4.69, 9.17) is 4.98 Å². The third kappa shape index (κ3) is 3.79. The summed E-state index contributed by atoms with van der Waals surface area (Å²) in [5.74, 6) is 0.558. The molecule has 1 fully saturated rings. The summed E-state index contributed by atoms with van der Waals surface area (Å²) in [6.45, 7) is 3.64. The Kier molecular flexibility index (Phi) is 5.26. The molecule has 2 aromatic carbocycles. The van der Waals surface area contributed by atoms with E-state index in [9.17, 15) is 9.59 Å². The maximum Gasteiger partial charge on any atom is 0.281 e. The lowest BCUT2D eigenvalue weighted by atomic mass is 9.96. The van der Waals surface area contributed by atoms with Crippen LogP contribution in [-0.4, -0.2) is 48.9 Å². The number of hydrogen-bond donors (Lipinski definition) is 1. The van der Waals surface area contributed by atoms with Crippen LogP contribution in [0.15, 0.2) is 59.4 Å². The molecule has 0 unspecified atom stereocenters. The predicted molar refractivity (Wildman–Crippen MR) is 121 cm³/mol. The first-order chi connectivity index (χ1) is 15.6. The van der Waals surface area contributed by atoms with Crippen molar-refractivity contribution in [3.63, 3.8) is 0 Å². The molecule has 32 heavy (non-hydrogen) atoms. The van der Waals surface area contributed by atoms with Crippen LogP contribution in [0, 0.1) is 6.92 Å². The minimum atomic E-state index is -0.299. The van der Waals surface area contributed by atoms with Gasteiger partial charge in [-0.3, -0.25) is 9.59 Å². The number of nitrogens with one attached hydrogen (secondary N) is 1. The van der Waals surface area contributed by atoms with Gasteiger partial charge in [-0.1, -0.05) is 53.7 Å². The van der Waals surface area contributed by atoms with Crippen molar-refractivity contribution >= 4 is 17.1 Å². The molecule has 1 atom stereocenters. The highest BCUT2D eigenvalue weighted by molar-refractivity contribution is 5.95. The molecule has 0 bridgehead atoms. The molecule has 4 aromatic rings. The highest BCUT2D eigenvalue weighted by atomic mass is 16.2. The molecule has 0 radical (unpaired) electrons. The molecule has 8 nitrogen and oxygen atoms in total. The van der Waals surface area contributed by atoms with Gasteiger partial charge >= 0.3 is 0 Å². The molecule has 5 rings (SSSR count). The van der Waals surface area contributed by atoms with E-state index in [1.807, 2.05) is 66.4 Å². The maximum absolute atomic E-state index is 13.1. The van der Waals surface area contributed by atoms with Crippen LogP contribution in [0.3, 0.4) is 0 Å². The van der Waals surface area contributed by atoms with Crippen LogP contribution in [0.4, 0.5) is 0 Å². The summed E-state index contributed by atoms with van der Waals surface area (Å²) in [4.78, 5) is 35.3. The number of hydrogen-bond acceptors (Lipinski definition) is 5. The quantitative estimate of drug-likeness (QED) is 0.539. The molecule has 1 saturated heterocycles. The van der Waals surface area contributed by atoms with Crippen LogP contribution in [0.25, 0.3) is 11.2 Å². The summed E-state index contributed by atoms with van der Waals surface area (Å²) in [5.41, 5.74) is 3.13. The molecular weight excluding hydrogens is 404 g/mol. The summed E-state index contributed by atoms with van der Waals surface area (Å²) in [6, 6.07) is 17.5. The Morgan fingerprint density at radius 3 is 2.72 bits per heavy atom. The van der Waals surface area contributed by atoms with Gasteiger partial charge in [0.2, 0.25) is 0 Å². The van der Waals surface area contributed by atoms with Crippen LogP contribution >= 0.6 is 0 Å². The number of fused-ring (bicyclic) bond motifs is 1. The van der Waals surface area contributed by atoms with Gasteiger partial charge in [-0.2, -0.15) is 0 Å². The summed E-state index contributed by atoms with van der Waals surface area (Å²) in [6.07, 6.45) is 1.71. The van der Waals surface area contributed by atoms with Crippen molar-refractivity contribution < 1.29 is 4.79 Å². The lowest BCUT2D eigenvalue weighted by Gasteiger charge is -2.32. The minimum Gasteiger partial charge on any atom is -0.338 e. The van der Waals surface area contributed by atoms with E-state index in [0.717, 1.165) is 29.5 Å². The molecule has 1 N–H and O–H groups in total. The maximum atomic E-state index is 13.1. The number of benzene rings is 2. The van der Waals surface area contributed by atoms with Crippen molar-refractivity contribution in [1.82, 2.24) is 29.9 Å².